The largest absolute Gasteiger partial charge is 0.508 e. The first-order valence-corrected chi connectivity index (χ1v) is 8.09. The smallest absolute Gasteiger partial charge is 0.115 e. The number of phenols is 1. The van der Waals surface area contributed by atoms with Gasteiger partial charge in [-0.15, -0.1) is 0 Å². The van der Waals surface area contributed by atoms with E-state index in [1.54, 1.807) is 12.1 Å². The Kier molecular flexibility index (Phi) is 5.62. The van der Waals surface area contributed by atoms with Crippen LogP contribution in [-0.2, 0) is 5.41 Å². The fourth-order valence-electron chi connectivity index (χ4n) is 3.05. The van der Waals surface area contributed by atoms with Crippen molar-refractivity contribution < 1.29 is 10.2 Å². The summed E-state index contributed by atoms with van der Waals surface area (Å²) < 4.78 is 0. The minimum atomic E-state index is -0.320. The zero-order valence-corrected chi connectivity index (χ0v) is 13.5. The van der Waals surface area contributed by atoms with Crippen LogP contribution in [0.5, 0.6) is 5.75 Å². The standard InChI is InChI=1S/C20H26O2/c1-3-4-10-19(22)15-20(2,16-8-6-5-7-9-16)17-11-13-18(21)14-12-17/h5-9,11-14,19,21-22H,3-4,10,15H2,1-2H3. The van der Waals surface area contributed by atoms with E-state index in [4.69, 9.17) is 0 Å². The van der Waals surface area contributed by atoms with Crippen LogP contribution in [0.2, 0.25) is 0 Å². The van der Waals surface area contributed by atoms with Gasteiger partial charge >= 0.3 is 0 Å². The Morgan fingerprint density at radius 3 is 2.14 bits per heavy atom. The monoisotopic (exact) mass is 298 g/mol. The summed E-state index contributed by atoms with van der Waals surface area (Å²) >= 11 is 0. The first kappa shape index (κ1) is 16.6. The summed E-state index contributed by atoms with van der Waals surface area (Å²) in [6.07, 6.45) is 3.33. The Bertz CT molecular complexity index is 562. The van der Waals surface area contributed by atoms with Crippen LogP contribution in [0.1, 0.15) is 50.7 Å². The van der Waals surface area contributed by atoms with Crippen molar-refractivity contribution in [2.75, 3.05) is 0 Å². The van der Waals surface area contributed by atoms with E-state index in [1.165, 1.54) is 5.56 Å². The van der Waals surface area contributed by atoms with Gasteiger partial charge in [0.1, 0.15) is 5.75 Å². The minimum Gasteiger partial charge on any atom is -0.508 e. The summed E-state index contributed by atoms with van der Waals surface area (Å²) in [7, 11) is 0. The van der Waals surface area contributed by atoms with Crippen molar-refractivity contribution in [1.29, 1.82) is 0 Å². The molecule has 2 aromatic rings. The van der Waals surface area contributed by atoms with Crippen LogP contribution >= 0.6 is 0 Å². The molecule has 0 amide bonds. The van der Waals surface area contributed by atoms with Gasteiger partial charge < -0.3 is 10.2 Å². The number of benzene rings is 2. The molecule has 2 aromatic carbocycles. The molecule has 2 unspecified atom stereocenters. The number of rotatable bonds is 7. The number of aliphatic hydroxyl groups is 1. The number of phenolic OH excluding ortho intramolecular Hbond substituents is 1. The molecule has 0 aliphatic carbocycles. The molecule has 22 heavy (non-hydrogen) atoms. The number of aliphatic hydroxyl groups excluding tert-OH is 1. The van der Waals surface area contributed by atoms with E-state index in [9.17, 15) is 10.2 Å². The molecular weight excluding hydrogens is 272 g/mol. The number of hydrogen-bond donors (Lipinski definition) is 2. The Balaban J connectivity index is 2.34. The van der Waals surface area contributed by atoms with Crippen molar-refractivity contribution in [2.24, 2.45) is 0 Å². The maximum absolute atomic E-state index is 10.4. The lowest BCUT2D eigenvalue weighted by Crippen LogP contribution is -2.29. The molecule has 2 N–H and O–H groups in total. The SMILES string of the molecule is CCCCC(O)CC(C)(c1ccccc1)c1ccc(O)cc1. The number of unbranched alkanes of at least 4 members (excludes halogenated alkanes) is 1. The predicted octanol–water partition coefficient (Wildman–Crippen LogP) is 4.64. The second-order valence-electron chi connectivity index (χ2n) is 6.25. The Morgan fingerprint density at radius 1 is 0.955 bits per heavy atom. The van der Waals surface area contributed by atoms with Crippen molar-refractivity contribution in [2.45, 2.75) is 51.0 Å². The Labute approximate surface area is 133 Å². The molecule has 0 aliphatic heterocycles. The summed E-state index contributed by atoms with van der Waals surface area (Å²) in [6.45, 7) is 4.31. The summed E-state index contributed by atoms with van der Waals surface area (Å²) in [6, 6.07) is 17.6. The van der Waals surface area contributed by atoms with Crippen LogP contribution < -0.4 is 0 Å². The maximum Gasteiger partial charge on any atom is 0.115 e. The highest BCUT2D eigenvalue weighted by molar-refractivity contribution is 5.40. The minimum absolute atomic E-state index is 0.262. The molecule has 0 saturated heterocycles. The van der Waals surface area contributed by atoms with Crippen LogP contribution in [-0.4, -0.2) is 16.3 Å². The highest BCUT2D eigenvalue weighted by Crippen LogP contribution is 2.37. The zero-order chi connectivity index (χ0) is 16.0. The first-order valence-electron chi connectivity index (χ1n) is 8.09. The molecule has 2 heteroatoms. The van der Waals surface area contributed by atoms with Crippen molar-refractivity contribution >= 4 is 0 Å². The van der Waals surface area contributed by atoms with Crippen molar-refractivity contribution in [3.05, 3.63) is 65.7 Å². The van der Waals surface area contributed by atoms with E-state index in [-0.39, 0.29) is 17.3 Å². The third kappa shape index (κ3) is 3.89. The van der Waals surface area contributed by atoms with Gasteiger partial charge in [-0.05, 0) is 36.1 Å². The Hall–Kier alpha value is -1.80. The van der Waals surface area contributed by atoms with E-state index < -0.39 is 0 Å². The normalized spacial score (nSPS) is 15.2. The molecule has 2 atom stereocenters. The van der Waals surface area contributed by atoms with Crippen LogP contribution in [0, 0.1) is 0 Å². The third-order valence-corrected chi connectivity index (χ3v) is 4.45. The lowest BCUT2D eigenvalue weighted by molar-refractivity contribution is 0.131. The van der Waals surface area contributed by atoms with Gasteiger partial charge in [-0.2, -0.15) is 0 Å². The molecule has 0 saturated carbocycles. The fourth-order valence-corrected chi connectivity index (χ4v) is 3.05. The van der Waals surface area contributed by atoms with Gasteiger partial charge in [-0.25, -0.2) is 0 Å². The van der Waals surface area contributed by atoms with Gasteiger partial charge in [0, 0.05) is 5.41 Å². The average Bonchev–Trinajstić information content (AvgIpc) is 2.54. The van der Waals surface area contributed by atoms with Gasteiger partial charge in [0.15, 0.2) is 0 Å². The molecule has 0 heterocycles. The van der Waals surface area contributed by atoms with Crippen molar-refractivity contribution in [3.63, 3.8) is 0 Å². The lowest BCUT2D eigenvalue weighted by Gasteiger charge is -2.33. The molecular formula is C20H26O2. The summed E-state index contributed by atoms with van der Waals surface area (Å²) in [5, 5.41) is 20.0. The number of aromatic hydroxyl groups is 1. The van der Waals surface area contributed by atoms with Gasteiger partial charge in [-0.1, -0.05) is 69.2 Å². The van der Waals surface area contributed by atoms with Crippen LogP contribution in [0.25, 0.3) is 0 Å². The molecule has 0 spiro atoms. The molecule has 0 aliphatic rings. The molecule has 0 aromatic heterocycles. The number of hydrogen-bond acceptors (Lipinski definition) is 2. The van der Waals surface area contributed by atoms with E-state index in [1.807, 2.05) is 30.3 Å². The average molecular weight is 298 g/mol. The molecule has 2 nitrogen and oxygen atoms in total. The second kappa shape index (κ2) is 7.46. The van der Waals surface area contributed by atoms with Gasteiger partial charge in [0.2, 0.25) is 0 Å². The summed E-state index contributed by atoms with van der Waals surface area (Å²) in [5.41, 5.74) is 2.05. The predicted molar refractivity (Wildman–Crippen MR) is 91.2 cm³/mol. The summed E-state index contributed by atoms with van der Waals surface area (Å²) in [5.74, 6) is 0.269. The van der Waals surface area contributed by atoms with Crippen molar-refractivity contribution in [1.82, 2.24) is 0 Å². The molecule has 2 rings (SSSR count). The van der Waals surface area contributed by atoms with E-state index in [0.717, 1.165) is 24.8 Å². The fraction of sp³-hybridized carbons (Fsp3) is 0.400. The van der Waals surface area contributed by atoms with Crippen LogP contribution in [0.3, 0.4) is 0 Å². The van der Waals surface area contributed by atoms with Crippen LogP contribution in [0.15, 0.2) is 54.6 Å². The Morgan fingerprint density at radius 2 is 1.55 bits per heavy atom. The van der Waals surface area contributed by atoms with Crippen molar-refractivity contribution in [3.8, 4) is 5.75 Å². The highest BCUT2D eigenvalue weighted by Gasteiger charge is 2.31. The van der Waals surface area contributed by atoms with Gasteiger partial charge in [0.25, 0.3) is 0 Å². The zero-order valence-electron chi connectivity index (χ0n) is 13.5. The van der Waals surface area contributed by atoms with Gasteiger partial charge in [0.05, 0.1) is 6.10 Å². The molecule has 0 radical (unpaired) electrons. The van der Waals surface area contributed by atoms with E-state index >= 15 is 0 Å². The topological polar surface area (TPSA) is 40.5 Å². The first-order chi connectivity index (χ1) is 10.6. The van der Waals surface area contributed by atoms with E-state index in [0.29, 0.717) is 6.42 Å². The third-order valence-electron chi connectivity index (χ3n) is 4.45. The molecule has 0 fully saturated rings. The van der Waals surface area contributed by atoms with E-state index in [2.05, 4.69) is 26.0 Å². The molecule has 118 valence electrons. The van der Waals surface area contributed by atoms with Gasteiger partial charge in [-0.3, -0.25) is 0 Å². The second-order valence-corrected chi connectivity index (χ2v) is 6.25. The quantitative estimate of drug-likeness (QED) is 0.782. The maximum atomic E-state index is 10.4. The lowest BCUT2D eigenvalue weighted by atomic mass is 9.72. The molecule has 0 bridgehead atoms. The van der Waals surface area contributed by atoms with Crippen LogP contribution in [0.4, 0.5) is 0 Å². The summed E-state index contributed by atoms with van der Waals surface area (Å²) in [4.78, 5) is 0. The highest BCUT2D eigenvalue weighted by atomic mass is 16.3.